The maximum Gasteiger partial charge on any atom is 0.264 e. The number of fused-ring (bicyclic) bond motifs is 1. The van der Waals surface area contributed by atoms with Gasteiger partial charge in [-0.3, -0.25) is 4.31 Å². The summed E-state index contributed by atoms with van der Waals surface area (Å²) in [5.41, 5.74) is 2.51. The van der Waals surface area contributed by atoms with Crippen LogP contribution in [0.1, 0.15) is 18.9 Å². The van der Waals surface area contributed by atoms with Crippen molar-refractivity contribution in [2.75, 3.05) is 14.9 Å². The minimum Gasteiger partial charge on any atom is -0.332 e. The molecule has 3 aromatic rings. The number of hydrogen-bond donors (Lipinski definition) is 2. The zero-order chi connectivity index (χ0) is 22.9. The highest BCUT2D eigenvalue weighted by molar-refractivity contribution is 7.92. The van der Waals surface area contributed by atoms with Gasteiger partial charge in [0.1, 0.15) is 5.82 Å². The molecule has 0 amide bonds. The van der Waals surface area contributed by atoms with E-state index in [0.29, 0.717) is 45.6 Å². The third-order valence-corrected chi connectivity index (χ3v) is 7.78. The average Bonchev–Trinajstić information content (AvgIpc) is 2.75. The molecule has 166 valence electrons. The fraction of sp³-hybridized carbons (Fsp3) is 0.174. The summed E-state index contributed by atoms with van der Waals surface area (Å²) < 4.78 is 41.9. The van der Waals surface area contributed by atoms with E-state index >= 15 is 0 Å². The van der Waals surface area contributed by atoms with E-state index in [9.17, 15) is 12.8 Å². The molecule has 32 heavy (non-hydrogen) atoms. The van der Waals surface area contributed by atoms with Gasteiger partial charge in [-0.05, 0) is 92.1 Å². The zero-order valence-corrected chi connectivity index (χ0v) is 19.6. The quantitative estimate of drug-likeness (QED) is 0.452. The number of benzene rings is 3. The van der Waals surface area contributed by atoms with Gasteiger partial charge in [-0.15, -0.1) is 0 Å². The Morgan fingerprint density at radius 1 is 1.09 bits per heavy atom. The van der Waals surface area contributed by atoms with Crippen LogP contribution in [0.5, 0.6) is 0 Å². The van der Waals surface area contributed by atoms with Gasteiger partial charge in [-0.2, -0.15) is 0 Å². The number of thiocarbonyl (C=S) groups is 1. The number of aryl methyl sites for hydroxylation is 1. The van der Waals surface area contributed by atoms with E-state index in [1.54, 1.807) is 24.3 Å². The summed E-state index contributed by atoms with van der Waals surface area (Å²) in [5.74, 6) is -0.368. The van der Waals surface area contributed by atoms with Crippen LogP contribution in [0, 0.1) is 5.82 Å². The SMILES string of the molecule is CC1CCc2cc(F)ccc2N1S(=O)(=O)c1ccc(NC(=S)Nc2ccccc2Cl)cc1. The highest BCUT2D eigenvalue weighted by Gasteiger charge is 2.33. The van der Waals surface area contributed by atoms with Crippen LogP contribution in [0.3, 0.4) is 0 Å². The molecule has 0 saturated carbocycles. The molecule has 3 aromatic carbocycles. The van der Waals surface area contributed by atoms with Crippen molar-refractivity contribution in [3.63, 3.8) is 0 Å². The lowest BCUT2D eigenvalue weighted by molar-refractivity contribution is 0.560. The van der Waals surface area contributed by atoms with E-state index < -0.39 is 10.0 Å². The largest absolute Gasteiger partial charge is 0.332 e. The average molecular weight is 490 g/mol. The van der Waals surface area contributed by atoms with Gasteiger partial charge < -0.3 is 10.6 Å². The molecule has 0 fully saturated rings. The smallest absolute Gasteiger partial charge is 0.264 e. The van der Waals surface area contributed by atoms with E-state index in [1.807, 2.05) is 19.1 Å². The first-order valence-corrected chi connectivity index (χ1v) is 12.2. The summed E-state index contributed by atoms with van der Waals surface area (Å²) in [6.07, 6.45) is 1.26. The van der Waals surface area contributed by atoms with Gasteiger partial charge in [0, 0.05) is 11.7 Å². The summed E-state index contributed by atoms with van der Waals surface area (Å²) in [4.78, 5) is 0.150. The molecule has 0 aromatic heterocycles. The summed E-state index contributed by atoms with van der Waals surface area (Å²) in [5, 5.41) is 6.89. The van der Waals surface area contributed by atoms with Crippen LogP contribution in [-0.4, -0.2) is 19.6 Å². The zero-order valence-electron chi connectivity index (χ0n) is 17.2. The predicted octanol–water partition coefficient (Wildman–Crippen LogP) is 5.82. The van der Waals surface area contributed by atoms with Crippen LogP contribution in [0.4, 0.5) is 21.5 Å². The van der Waals surface area contributed by atoms with E-state index in [0.717, 1.165) is 0 Å². The summed E-state index contributed by atoms with van der Waals surface area (Å²) in [7, 11) is -3.82. The Balaban J connectivity index is 1.54. The third kappa shape index (κ3) is 4.57. The van der Waals surface area contributed by atoms with Crippen molar-refractivity contribution in [3.8, 4) is 0 Å². The van der Waals surface area contributed by atoms with Crippen LogP contribution >= 0.6 is 23.8 Å². The van der Waals surface area contributed by atoms with Crippen molar-refractivity contribution in [1.82, 2.24) is 0 Å². The number of hydrogen-bond acceptors (Lipinski definition) is 3. The van der Waals surface area contributed by atoms with Crippen molar-refractivity contribution in [3.05, 3.63) is 83.1 Å². The Morgan fingerprint density at radius 2 is 1.81 bits per heavy atom. The second-order valence-electron chi connectivity index (χ2n) is 7.54. The molecule has 1 unspecified atom stereocenters. The van der Waals surface area contributed by atoms with Gasteiger partial charge in [0.05, 0.1) is 21.3 Å². The van der Waals surface area contributed by atoms with Crippen LogP contribution in [0.25, 0.3) is 0 Å². The van der Waals surface area contributed by atoms with Gasteiger partial charge >= 0.3 is 0 Å². The third-order valence-electron chi connectivity index (χ3n) is 5.30. The molecule has 0 saturated heterocycles. The number of sulfonamides is 1. The second-order valence-corrected chi connectivity index (χ2v) is 10.2. The Hall–Kier alpha value is -2.68. The van der Waals surface area contributed by atoms with Gasteiger partial charge in [0.25, 0.3) is 10.0 Å². The maximum absolute atomic E-state index is 13.6. The normalized spacial score (nSPS) is 15.7. The first-order chi connectivity index (χ1) is 15.3. The number of para-hydroxylation sites is 1. The van der Waals surface area contributed by atoms with Gasteiger partial charge in [0.2, 0.25) is 0 Å². The number of nitrogens with zero attached hydrogens (tertiary/aromatic N) is 1. The lowest BCUT2D eigenvalue weighted by Crippen LogP contribution is -2.42. The summed E-state index contributed by atoms with van der Waals surface area (Å²) in [6, 6.07) is 17.6. The fourth-order valence-corrected chi connectivity index (χ4v) is 5.86. The highest BCUT2D eigenvalue weighted by atomic mass is 35.5. The topological polar surface area (TPSA) is 61.4 Å². The van der Waals surface area contributed by atoms with Crippen LogP contribution in [0.15, 0.2) is 71.6 Å². The molecule has 1 aliphatic heterocycles. The number of anilines is 3. The van der Waals surface area contributed by atoms with Crippen molar-refractivity contribution in [2.45, 2.75) is 30.7 Å². The molecule has 0 bridgehead atoms. The molecule has 0 spiro atoms. The van der Waals surface area contributed by atoms with Gasteiger partial charge in [0.15, 0.2) is 5.11 Å². The van der Waals surface area contributed by atoms with Crippen molar-refractivity contribution < 1.29 is 12.8 Å². The highest BCUT2D eigenvalue weighted by Crippen LogP contribution is 2.36. The molecule has 0 aliphatic carbocycles. The fourth-order valence-electron chi connectivity index (χ4n) is 3.73. The molecule has 1 aliphatic rings. The minimum absolute atomic E-state index is 0.150. The monoisotopic (exact) mass is 489 g/mol. The predicted molar refractivity (Wildman–Crippen MR) is 132 cm³/mol. The lowest BCUT2D eigenvalue weighted by Gasteiger charge is -2.36. The molecule has 1 heterocycles. The van der Waals surface area contributed by atoms with Gasteiger partial charge in [-0.25, -0.2) is 12.8 Å². The first-order valence-electron chi connectivity index (χ1n) is 10.0. The number of rotatable bonds is 4. The van der Waals surface area contributed by atoms with Crippen molar-refractivity contribution >= 4 is 56.0 Å². The summed E-state index contributed by atoms with van der Waals surface area (Å²) >= 11 is 11.4. The Labute approximate surface area is 197 Å². The molecule has 5 nitrogen and oxygen atoms in total. The van der Waals surface area contributed by atoms with Crippen molar-refractivity contribution in [1.29, 1.82) is 0 Å². The molecule has 1 atom stereocenters. The number of nitrogens with one attached hydrogen (secondary N) is 2. The van der Waals surface area contributed by atoms with Crippen LogP contribution in [0.2, 0.25) is 5.02 Å². The van der Waals surface area contributed by atoms with E-state index in [4.69, 9.17) is 23.8 Å². The standard InChI is InChI=1S/C23H21ClFN3O2S2/c1-15-6-7-16-14-17(25)8-13-22(16)28(15)32(29,30)19-11-9-18(10-12-19)26-23(31)27-21-5-3-2-4-20(21)24/h2-5,8-15H,6-7H2,1H3,(H2,26,27,31). The minimum atomic E-state index is -3.82. The van der Waals surface area contributed by atoms with Gasteiger partial charge in [-0.1, -0.05) is 23.7 Å². The molecule has 2 N–H and O–H groups in total. The molecule has 0 radical (unpaired) electrons. The van der Waals surface area contributed by atoms with Crippen molar-refractivity contribution in [2.24, 2.45) is 0 Å². The second kappa shape index (κ2) is 9.05. The molecule has 9 heteroatoms. The number of halogens is 2. The Morgan fingerprint density at radius 3 is 2.53 bits per heavy atom. The Bertz CT molecular complexity index is 1270. The molecule has 4 rings (SSSR count). The van der Waals surface area contributed by atoms with Crippen LogP contribution in [-0.2, 0) is 16.4 Å². The van der Waals surface area contributed by atoms with Crippen LogP contribution < -0.4 is 14.9 Å². The maximum atomic E-state index is 13.6. The lowest BCUT2D eigenvalue weighted by atomic mass is 9.99. The molecular weight excluding hydrogens is 469 g/mol. The Kier molecular flexibility index (Phi) is 6.37. The van der Waals surface area contributed by atoms with E-state index in [2.05, 4.69) is 10.6 Å². The van der Waals surface area contributed by atoms with E-state index in [1.165, 1.54) is 34.6 Å². The van der Waals surface area contributed by atoms with E-state index in [-0.39, 0.29) is 16.8 Å². The molecular formula is C23H21ClFN3O2S2. The first kappa shape index (κ1) is 22.5. The summed E-state index contributed by atoms with van der Waals surface area (Å²) in [6.45, 7) is 1.86.